The van der Waals surface area contributed by atoms with E-state index < -0.39 is 0 Å². The minimum absolute atomic E-state index is 0.0767. The Balaban J connectivity index is 1.35. The lowest BCUT2D eigenvalue weighted by Crippen LogP contribution is -2.72. The molecule has 1 saturated carbocycles. The van der Waals surface area contributed by atoms with E-state index in [1.807, 2.05) is 12.1 Å². The molecule has 25 heavy (non-hydrogen) atoms. The number of carbonyl (C=O) groups is 1. The summed E-state index contributed by atoms with van der Waals surface area (Å²) in [6.07, 6.45) is 2.60. The number of nitrogens with one attached hydrogen (secondary N) is 1. The third-order valence-corrected chi connectivity index (χ3v) is 5.81. The fourth-order valence-electron chi connectivity index (χ4n) is 4.04. The van der Waals surface area contributed by atoms with Crippen molar-refractivity contribution >= 4 is 17.5 Å². The molecule has 1 amide bonds. The first-order chi connectivity index (χ1) is 12.1. The molecule has 2 aliphatic heterocycles. The molecule has 2 saturated heterocycles. The topological polar surface area (TPSA) is 44.8 Å². The molecule has 1 aromatic carbocycles. The maximum Gasteiger partial charge on any atom is 0.239 e. The number of hydrogen-bond acceptors (Lipinski definition) is 4. The van der Waals surface area contributed by atoms with E-state index in [0.29, 0.717) is 6.61 Å². The highest BCUT2D eigenvalue weighted by molar-refractivity contribution is 6.30. The first-order valence-corrected chi connectivity index (χ1v) is 9.51. The van der Waals surface area contributed by atoms with Crippen molar-refractivity contribution in [1.82, 2.24) is 15.1 Å². The summed E-state index contributed by atoms with van der Waals surface area (Å²) in [6.45, 7) is 5.17. The predicted molar refractivity (Wildman–Crippen MR) is 97.6 cm³/mol. The zero-order chi connectivity index (χ0) is 17.4. The summed E-state index contributed by atoms with van der Waals surface area (Å²) < 4.78 is 6.19. The monoisotopic (exact) mass is 363 g/mol. The van der Waals surface area contributed by atoms with Crippen LogP contribution in [0.25, 0.3) is 0 Å². The number of nitrogens with zero attached hydrogens (tertiary/aromatic N) is 2. The second-order valence-electron chi connectivity index (χ2n) is 7.77. The van der Waals surface area contributed by atoms with Crippen molar-refractivity contribution in [3.05, 3.63) is 34.9 Å². The Labute approximate surface area is 154 Å². The Hall–Kier alpha value is -1.14. The van der Waals surface area contributed by atoms with E-state index in [1.165, 1.54) is 18.4 Å². The van der Waals surface area contributed by atoms with Gasteiger partial charge in [0.25, 0.3) is 0 Å². The normalized spacial score (nSPS) is 26.4. The fourth-order valence-corrected chi connectivity index (χ4v) is 4.16. The number of halogens is 1. The minimum Gasteiger partial charge on any atom is -0.369 e. The number of amides is 1. The summed E-state index contributed by atoms with van der Waals surface area (Å²) in [5, 5.41) is 3.56. The number of likely N-dealkylation sites (N-methyl/N-ethyl adjacent to an activating group) is 1. The summed E-state index contributed by atoms with van der Waals surface area (Å²) in [7, 11) is 1.71. The number of benzene rings is 1. The molecule has 6 heteroatoms. The molecule has 0 aromatic heterocycles. The Morgan fingerprint density at radius 3 is 2.64 bits per heavy atom. The molecule has 1 N–H and O–H groups in total. The zero-order valence-electron chi connectivity index (χ0n) is 14.7. The van der Waals surface area contributed by atoms with Crippen LogP contribution in [-0.2, 0) is 16.1 Å². The number of ether oxygens (including phenoxy) is 1. The van der Waals surface area contributed by atoms with Gasteiger partial charge < -0.3 is 10.1 Å². The number of rotatable bonds is 5. The summed E-state index contributed by atoms with van der Waals surface area (Å²) >= 11 is 5.95. The lowest BCUT2D eigenvalue weighted by Gasteiger charge is -2.55. The molecule has 1 aromatic rings. The number of carbonyl (C=O) groups excluding carboxylic acids is 1. The van der Waals surface area contributed by atoms with Crippen LogP contribution in [0.1, 0.15) is 18.4 Å². The highest BCUT2D eigenvalue weighted by Gasteiger charge is 2.50. The van der Waals surface area contributed by atoms with Crippen LogP contribution in [0, 0.1) is 5.92 Å². The van der Waals surface area contributed by atoms with Crippen molar-refractivity contribution in [3.63, 3.8) is 0 Å². The smallest absolute Gasteiger partial charge is 0.239 e. The van der Waals surface area contributed by atoms with Gasteiger partial charge >= 0.3 is 0 Å². The Kier molecular flexibility index (Phi) is 4.75. The van der Waals surface area contributed by atoms with E-state index in [2.05, 4.69) is 27.2 Å². The van der Waals surface area contributed by atoms with Crippen molar-refractivity contribution in [2.75, 3.05) is 39.8 Å². The standard InChI is InChI=1S/C19H26ClN3O2/c1-21-18(24)17-10-25-19(13-23(17)9-15-2-3-15)11-22(12-19)8-14-4-6-16(20)7-5-14/h4-7,15,17H,2-3,8-13H2,1H3,(H,21,24)/t17-/m0/s1. The van der Waals surface area contributed by atoms with Gasteiger partial charge in [0, 0.05) is 44.8 Å². The van der Waals surface area contributed by atoms with Crippen molar-refractivity contribution in [3.8, 4) is 0 Å². The van der Waals surface area contributed by atoms with Crippen LogP contribution in [0.3, 0.4) is 0 Å². The zero-order valence-corrected chi connectivity index (χ0v) is 15.5. The molecule has 3 aliphatic rings. The average Bonchev–Trinajstić information content (AvgIpc) is 3.39. The first kappa shape index (κ1) is 17.3. The highest BCUT2D eigenvalue weighted by Crippen LogP contribution is 2.36. The summed E-state index contributed by atoms with van der Waals surface area (Å²) in [5.41, 5.74) is 1.17. The van der Waals surface area contributed by atoms with Crippen LogP contribution < -0.4 is 5.32 Å². The lowest BCUT2D eigenvalue weighted by molar-refractivity contribution is -0.203. The molecule has 1 aliphatic carbocycles. The molecule has 136 valence electrons. The molecular weight excluding hydrogens is 338 g/mol. The highest BCUT2D eigenvalue weighted by atomic mass is 35.5. The third-order valence-electron chi connectivity index (χ3n) is 5.56. The average molecular weight is 364 g/mol. The van der Waals surface area contributed by atoms with Crippen LogP contribution in [0.2, 0.25) is 5.02 Å². The molecule has 0 unspecified atom stereocenters. The van der Waals surface area contributed by atoms with Crippen molar-refractivity contribution < 1.29 is 9.53 Å². The molecule has 1 spiro atoms. The number of likely N-dealkylation sites (tertiary alicyclic amines) is 1. The van der Waals surface area contributed by atoms with Crippen LogP contribution >= 0.6 is 11.6 Å². The van der Waals surface area contributed by atoms with E-state index in [9.17, 15) is 4.79 Å². The molecule has 1 atom stereocenters. The fraction of sp³-hybridized carbons (Fsp3) is 0.632. The van der Waals surface area contributed by atoms with E-state index >= 15 is 0 Å². The Morgan fingerprint density at radius 2 is 2.00 bits per heavy atom. The third kappa shape index (κ3) is 3.85. The van der Waals surface area contributed by atoms with E-state index in [1.54, 1.807) is 7.05 Å². The number of morpholine rings is 1. The van der Waals surface area contributed by atoms with Crippen molar-refractivity contribution in [2.24, 2.45) is 5.92 Å². The van der Waals surface area contributed by atoms with Gasteiger partial charge in [0.15, 0.2) is 0 Å². The van der Waals surface area contributed by atoms with Gasteiger partial charge in [-0.1, -0.05) is 23.7 Å². The molecular formula is C19H26ClN3O2. The van der Waals surface area contributed by atoms with Crippen molar-refractivity contribution in [2.45, 2.75) is 31.0 Å². The summed E-state index contributed by atoms with van der Waals surface area (Å²) in [5.74, 6) is 0.848. The first-order valence-electron chi connectivity index (χ1n) is 9.13. The maximum absolute atomic E-state index is 12.2. The largest absolute Gasteiger partial charge is 0.369 e. The number of hydrogen-bond donors (Lipinski definition) is 1. The van der Waals surface area contributed by atoms with E-state index in [-0.39, 0.29) is 17.6 Å². The van der Waals surface area contributed by atoms with Gasteiger partial charge in [-0.2, -0.15) is 0 Å². The molecule has 5 nitrogen and oxygen atoms in total. The second-order valence-corrected chi connectivity index (χ2v) is 8.20. The SMILES string of the molecule is CNC(=O)[C@@H]1COC2(CN(Cc3ccc(Cl)cc3)C2)CN1CC1CC1. The van der Waals surface area contributed by atoms with Crippen LogP contribution in [0.5, 0.6) is 0 Å². The van der Waals surface area contributed by atoms with Gasteiger partial charge in [-0.3, -0.25) is 14.6 Å². The lowest BCUT2D eigenvalue weighted by atomic mass is 9.89. The Bertz CT molecular complexity index is 626. The molecule has 0 radical (unpaired) electrons. The maximum atomic E-state index is 12.2. The van der Waals surface area contributed by atoms with Gasteiger partial charge in [0.1, 0.15) is 11.6 Å². The summed E-state index contributed by atoms with van der Waals surface area (Å²) in [6, 6.07) is 7.90. The molecule has 2 heterocycles. The molecule has 0 bridgehead atoms. The van der Waals surface area contributed by atoms with Gasteiger partial charge in [0.2, 0.25) is 5.91 Å². The van der Waals surface area contributed by atoms with Gasteiger partial charge in [0.05, 0.1) is 6.61 Å². The minimum atomic E-state index is -0.137. The van der Waals surface area contributed by atoms with Crippen LogP contribution in [-0.4, -0.2) is 67.2 Å². The van der Waals surface area contributed by atoms with E-state index in [4.69, 9.17) is 16.3 Å². The van der Waals surface area contributed by atoms with Crippen LogP contribution in [0.4, 0.5) is 0 Å². The molecule has 4 rings (SSSR count). The van der Waals surface area contributed by atoms with Gasteiger partial charge in [-0.15, -0.1) is 0 Å². The summed E-state index contributed by atoms with van der Waals surface area (Å²) in [4.78, 5) is 16.9. The van der Waals surface area contributed by atoms with E-state index in [0.717, 1.165) is 43.7 Å². The molecule has 3 fully saturated rings. The van der Waals surface area contributed by atoms with Gasteiger partial charge in [-0.05, 0) is 36.5 Å². The van der Waals surface area contributed by atoms with Crippen LogP contribution in [0.15, 0.2) is 24.3 Å². The Morgan fingerprint density at radius 1 is 1.28 bits per heavy atom. The second kappa shape index (κ2) is 6.88. The van der Waals surface area contributed by atoms with Gasteiger partial charge in [-0.25, -0.2) is 0 Å². The quantitative estimate of drug-likeness (QED) is 0.865. The van der Waals surface area contributed by atoms with Crippen molar-refractivity contribution in [1.29, 1.82) is 0 Å². The predicted octanol–water partition coefficient (Wildman–Crippen LogP) is 1.75.